The Hall–Kier alpha value is -2.01. The third-order valence-corrected chi connectivity index (χ3v) is 2.06. The molecule has 90 valence electrons. The highest BCUT2D eigenvalue weighted by Gasteiger charge is 1.99. The smallest absolute Gasteiger partial charge is 0.134 e. The van der Waals surface area contributed by atoms with Crippen molar-refractivity contribution in [2.75, 3.05) is 13.2 Å². The lowest BCUT2D eigenvalue weighted by Gasteiger charge is -2.06. The number of nitrogens with zero attached hydrogens (tertiary/aromatic N) is 1. The van der Waals surface area contributed by atoms with Gasteiger partial charge in [0.05, 0.1) is 6.61 Å². The van der Waals surface area contributed by atoms with Gasteiger partial charge in [-0.3, -0.25) is 0 Å². The minimum atomic E-state index is 0.00438. The summed E-state index contributed by atoms with van der Waals surface area (Å²) in [5.74, 6) is 1.43. The van der Waals surface area contributed by atoms with Crippen molar-refractivity contribution < 1.29 is 19.1 Å². The summed E-state index contributed by atoms with van der Waals surface area (Å²) < 4.78 is 15.4. The Kier molecular flexibility index (Phi) is 3.99. The molecule has 5 nitrogen and oxygen atoms in total. The summed E-state index contributed by atoms with van der Waals surface area (Å²) in [6.07, 6.45) is 1.50. The van der Waals surface area contributed by atoms with E-state index in [1.807, 2.05) is 0 Å². The summed E-state index contributed by atoms with van der Waals surface area (Å²) in [6, 6.07) is 8.92. The summed E-state index contributed by atoms with van der Waals surface area (Å²) in [7, 11) is 0. The van der Waals surface area contributed by atoms with Crippen LogP contribution in [0.3, 0.4) is 0 Å². The first-order valence-electron chi connectivity index (χ1n) is 5.24. The van der Waals surface area contributed by atoms with Crippen LogP contribution < -0.4 is 9.47 Å². The zero-order valence-corrected chi connectivity index (χ0v) is 9.20. The number of hydrogen-bond acceptors (Lipinski definition) is 5. The second-order valence-electron chi connectivity index (χ2n) is 3.32. The van der Waals surface area contributed by atoms with Gasteiger partial charge >= 0.3 is 0 Å². The predicted octanol–water partition coefficient (Wildman–Crippen LogP) is 1.62. The van der Waals surface area contributed by atoms with Crippen LogP contribution in [0.25, 0.3) is 0 Å². The van der Waals surface area contributed by atoms with E-state index in [4.69, 9.17) is 19.1 Å². The Balaban J connectivity index is 1.85. The second kappa shape index (κ2) is 5.91. The number of aliphatic hydroxyl groups is 1. The number of benzene rings is 1. The molecule has 0 aliphatic heterocycles. The molecule has 0 unspecified atom stereocenters. The van der Waals surface area contributed by atoms with Crippen LogP contribution in [0.2, 0.25) is 0 Å². The Morgan fingerprint density at radius 1 is 1.06 bits per heavy atom. The fraction of sp³-hybridized carbons (Fsp3) is 0.250. The van der Waals surface area contributed by atoms with Crippen molar-refractivity contribution in [2.24, 2.45) is 0 Å². The minimum absolute atomic E-state index is 0.00438. The van der Waals surface area contributed by atoms with Crippen LogP contribution >= 0.6 is 0 Å². The van der Waals surface area contributed by atoms with Crippen molar-refractivity contribution in [1.29, 1.82) is 0 Å². The molecule has 0 saturated heterocycles. The van der Waals surface area contributed by atoms with Crippen LogP contribution in [0, 0.1) is 0 Å². The summed E-state index contributed by atoms with van der Waals surface area (Å²) in [5.41, 5.74) is 0.741. The van der Waals surface area contributed by atoms with Crippen LogP contribution in [0.15, 0.2) is 41.1 Å². The number of aliphatic hydroxyl groups excluding tert-OH is 1. The highest BCUT2D eigenvalue weighted by molar-refractivity contribution is 5.31. The molecule has 0 bridgehead atoms. The molecule has 0 spiro atoms. The summed E-state index contributed by atoms with van der Waals surface area (Å²) in [4.78, 5) is 0. The largest absolute Gasteiger partial charge is 0.491 e. The van der Waals surface area contributed by atoms with Gasteiger partial charge in [-0.15, -0.1) is 0 Å². The molecule has 2 rings (SSSR count). The first kappa shape index (κ1) is 11.5. The van der Waals surface area contributed by atoms with Crippen molar-refractivity contribution in [3.05, 3.63) is 42.3 Å². The van der Waals surface area contributed by atoms with Crippen molar-refractivity contribution in [3.63, 3.8) is 0 Å². The third kappa shape index (κ3) is 3.49. The first-order valence-corrected chi connectivity index (χ1v) is 5.24. The maximum atomic E-state index is 8.61. The Labute approximate surface area is 98.6 Å². The van der Waals surface area contributed by atoms with E-state index in [1.165, 1.54) is 6.26 Å². The molecule has 5 heteroatoms. The summed E-state index contributed by atoms with van der Waals surface area (Å²) in [6.45, 7) is 0.664. The molecule has 1 aromatic heterocycles. The maximum Gasteiger partial charge on any atom is 0.134 e. The van der Waals surface area contributed by atoms with Gasteiger partial charge in [-0.25, -0.2) is 0 Å². The maximum absolute atomic E-state index is 8.61. The van der Waals surface area contributed by atoms with Crippen LogP contribution in [0.1, 0.15) is 5.69 Å². The lowest BCUT2D eigenvalue weighted by Crippen LogP contribution is -2.01. The topological polar surface area (TPSA) is 64.7 Å². The first-order chi connectivity index (χ1) is 8.38. The number of rotatable bonds is 6. The van der Waals surface area contributed by atoms with Gasteiger partial charge in [-0.2, -0.15) is 0 Å². The van der Waals surface area contributed by atoms with E-state index in [2.05, 4.69) is 5.16 Å². The van der Waals surface area contributed by atoms with Crippen LogP contribution in [-0.4, -0.2) is 23.5 Å². The average Bonchev–Trinajstić information content (AvgIpc) is 2.88. The molecule has 0 aliphatic carbocycles. The normalized spacial score (nSPS) is 10.2. The molecule has 1 N–H and O–H groups in total. The third-order valence-electron chi connectivity index (χ3n) is 2.06. The number of ether oxygens (including phenoxy) is 2. The number of hydrogen-bond donors (Lipinski definition) is 1. The monoisotopic (exact) mass is 235 g/mol. The van der Waals surface area contributed by atoms with Crippen LogP contribution in [-0.2, 0) is 6.61 Å². The van der Waals surface area contributed by atoms with E-state index in [0.29, 0.717) is 19.0 Å². The molecule has 0 radical (unpaired) electrons. The van der Waals surface area contributed by atoms with Gasteiger partial charge in [0, 0.05) is 6.07 Å². The van der Waals surface area contributed by atoms with Gasteiger partial charge in [0.25, 0.3) is 0 Å². The molecule has 0 aliphatic rings. The quantitative estimate of drug-likeness (QED) is 0.824. The van der Waals surface area contributed by atoms with Gasteiger partial charge in [0.15, 0.2) is 0 Å². The van der Waals surface area contributed by atoms with Gasteiger partial charge in [-0.1, -0.05) is 5.16 Å². The lowest BCUT2D eigenvalue weighted by atomic mass is 10.3. The van der Waals surface area contributed by atoms with Gasteiger partial charge in [-0.05, 0) is 24.3 Å². The molecule has 0 amide bonds. The van der Waals surface area contributed by atoms with Gasteiger partial charge < -0.3 is 19.1 Å². The molecule has 1 heterocycles. The molecule has 1 aromatic carbocycles. The minimum Gasteiger partial charge on any atom is -0.491 e. The van der Waals surface area contributed by atoms with Crippen LogP contribution in [0.4, 0.5) is 0 Å². The van der Waals surface area contributed by atoms with E-state index in [0.717, 1.165) is 11.4 Å². The van der Waals surface area contributed by atoms with E-state index < -0.39 is 0 Å². The summed E-state index contributed by atoms with van der Waals surface area (Å²) >= 11 is 0. The molecular formula is C12H13NO4. The van der Waals surface area contributed by atoms with E-state index in [-0.39, 0.29) is 6.61 Å². The molecule has 2 aromatic rings. The highest BCUT2D eigenvalue weighted by Crippen LogP contribution is 2.18. The van der Waals surface area contributed by atoms with Crippen molar-refractivity contribution in [3.8, 4) is 11.5 Å². The lowest BCUT2D eigenvalue weighted by molar-refractivity contribution is 0.201. The average molecular weight is 235 g/mol. The zero-order valence-electron chi connectivity index (χ0n) is 9.20. The van der Waals surface area contributed by atoms with Crippen molar-refractivity contribution >= 4 is 0 Å². The van der Waals surface area contributed by atoms with E-state index in [9.17, 15) is 0 Å². The fourth-order valence-corrected chi connectivity index (χ4v) is 1.26. The van der Waals surface area contributed by atoms with Gasteiger partial charge in [0.1, 0.15) is 36.7 Å². The Morgan fingerprint density at radius 3 is 2.35 bits per heavy atom. The predicted molar refractivity (Wildman–Crippen MR) is 59.9 cm³/mol. The molecule has 0 fully saturated rings. The van der Waals surface area contributed by atoms with Crippen molar-refractivity contribution in [2.45, 2.75) is 6.61 Å². The fourth-order valence-electron chi connectivity index (χ4n) is 1.26. The van der Waals surface area contributed by atoms with E-state index in [1.54, 1.807) is 30.3 Å². The molecule has 0 atom stereocenters. The SMILES string of the molecule is OCCOc1ccc(OCc2ccon2)cc1. The van der Waals surface area contributed by atoms with E-state index >= 15 is 0 Å². The Bertz CT molecular complexity index is 424. The van der Waals surface area contributed by atoms with Gasteiger partial charge in [0.2, 0.25) is 0 Å². The standard InChI is InChI=1S/C12H13NO4/c14-6-8-15-11-1-3-12(4-2-11)16-9-10-5-7-17-13-10/h1-5,7,14H,6,8-9H2. The molecule has 0 saturated carbocycles. The molecular weight excluding hydrogens is 222 g/mol. The summed E-state index contributed by atoms with van der Waals surface area (Å²) in [5, 5.41) is 12.3. The van der Waals surface area contributed by atoms with Crippen LogP contribution in [0.5, 0.6) is 11.5 Å². The second-order valence-corrected chi connectivity index (χ2v) is 3.32. The highest BCUT2D eigenvalue weighted by atomic mass is 16.5. The zero-order chi connectivity index (χ0) is 11.9. The van der Waals surface area contributed by atoms with Crippen molar-refractivity contribution in [1.82, 2.24) is 5.16 Å². The molecule has 17 heavy (non-hydrogen) atoms. The Morgan fingerprint density at radius 2 is 1.76 bits per heavy atom. The number of aromatic nitrogens is 1.